The highest BCUT2D eigenvalue weighted by molar-refractivity contribution is 6.35. The third kappa shape index (κ3) is 4.56. The highest BCUT2D eigenvalue weighted by Crippen LogP contribution is 2.38. The van der Waals surface area contributed by atoms with E-state index in [1.165, 1.54) is 0 Å². The first-order valence-electron chi connectivity index (χ1n) is 11.0. The van der Waals surface area contributed by atoms with Crippen molar-refractivity contribution in [3.8, 4) is 11.5 Å². The van der Waals surface area contributed by atoms with Gasteiger partial charge in [0.25, 0.3) is 0 Å². The molecule has 3 heterocycles. The quantitative estimate of drug-likeness (QED) is 0.364. The van der Waals surface area contributed by atoms with E-state index in [1.54, 1.807) is 12.1 Å². The first-order valence-corrected chi connectivity index (χ1v) is 11.8. The molecule has 1 unspecified atom stereocenters. The molecule has 0 fully saturated rings. The number of aromatic nitrogens is 2. The van der Waals surface area contributed by atoms with E-state index >= 15 is 0 Å². The Hall–Kier alpha value is -3.22. The van der Waals surface area contributed by atoms with E-state index in [4.69, 9.17) is 32.7 Å². The summed E-state index contributed by atoms with van der Waals surface area (Å²) in [5.41, 5.74) is 4.79. The first-order chi connectivity index (χ1) is 16.5. The molecule has 174 valence electrons. The molecule has 34 heavy (non-hydrogen) atoms. The molecule has 1 aliphatic rings. The molecule has 8 heteroatoms. The normalized spacial score (nSPS) is 13.3. The lowest BCUT2D eigenvalue weighted by atomic mass is 9.92. The Bertz CT molecular complexity index is 1370. The van der Waals surface area contributed by atoms with E-state index in [0.29, 0.717) is 34.5 Å². The van der Waals surface area contributed by atoms with Gasteiger partial charge in [0.1, 0.15) is 5.65 Å². The zero-order valence-corrected chi connectivity index (χ0v) is 20.1. The van der Waals surface area contributed by atoms with Crippen LogP contribution in [-0.4, -0.2) is 28.6 Å². The molecule has 1 N–H and O–H groups in total. The zero-order chi connectivity index (χ0) is 23.7. The number of nitrogens with zero attached hydrogens (tertiary/aromatic N) is 2. The fraction of sp³-hybridized carbons (Fsp3) is 0.231. The second-order valence-corrected chi connectivity index (χ2v) is 9.12. The zero-order valence-electron chi connectivity index (χ0n) is 18.6. The number of nitrogens with one attached hydrogen (secondary N) is 1. The number of imidazole rings is 1. The summed E-state index contributed by atoms with van der Waals surface area (Å²) >= 11 is 12.2. The minimum absolute atomic E-state index is 0.0599. The van der Waals surface area contributed by atoms with Gasteiger partial charge >= 0.3 is 0 Å². The Kier molecular flexibility index (Phi) is 6.35. The Morgan fingerprint density at radius 3 is 2.85 bits per heavy atom. The van der Waals surface area contributed by atoms with Crippen molar-refractivity contribution in [1.82, 2.24) is 14.7 Å². The third-order valence-electron chi connectivity index (χ3n) is 6.04. The van der Waals surface area contributed by atoms with Crippen LogP contribution in [0.1, 0.15) is 34.7 Å². The van der Waals surface area contributed by atoms with Gasteiger partial charge in [-0.25, -0.2) is 4.98 Å². The van der Waals surface area contributed by atoms with Crippen LogP contribution in [0.25, 0.3) is 5.65 Å². The molecule has 0 radical (unpaired) electrons. The van der Waals surface area contributed by atoms with Crippen molar-refractivity contribution >= 4 is 34.8 Å². The van der Waals surface area contributed by atoms with Gasteiger partial charge < -0.3 is 19.2 Å². The van der Waals surface area contributed by atoms with Gasteiger partial charge in [0.15, 0.2) is 11.5 Å². The number of hydrogen-bond acceptors (Lipinski definition) is 4. The Balaban J connectivity index is 1.38. The van der Waals surface area contributed by atoms with Gasteiger partial charge in [-0.2, -0.15) is 0 Å². The molecule has 2 aromatic carbocycles. The van der Waals surface area contributed by atoms with E-state index in [-0.39, 0.29) is 25.0 Å². The summed E-state index contributed by atoms with van der Waals surface area (Å²) in [6.07, 6.45) is 4.70. The number of pyridine rings is 1. The van der Waals surface area contributed by atoms with Crippen molar-refractivity contribution in [3.05, 3.63) is 93.4 Å². The van der Waals surface area contributed by atoms with Crippen LogP contribution in [0.3, 0.4) is 0 Å². The number of carbonyl (C=O) groups excluding carboxylic acids is 1. The number of benzene rings is 2. The van der Waals surface area contributed by atoms with E-state index in [1.807, 2.05) is 60.1 Å². The molecule has 0 aliphatic carbocycles. The van der Waals surface area contributed by atoms with Crippen LogP contribution in [0.4, 0.5) is 0 Å². The first kappa shape index (κ1) is 22.6. The monoisotopic (exact) mass is 495 g/mol. The summed E-state index contributed by atoms with van der Waals surface area (Å²) in [6, 6.07) is 15.2. The third-order valence-corrected chi connectivity index (χ3v) is 6.62. The van der Waals surface area contributed by atoms with Crippen LogP contribution in [0.5, 0.6) is 11.5 Å². The Morgan fingerprint density at radius 2 is 2.00 bits per heavy atom. The van der Waals surface area contributed by atoms with Crippen LogP contribution in [0.2, 0.25) is 10.0 Å². The second kappa shape index (κ2) is 9.57. The van der Waals surface area contributed by atoms with Crippen molar-refractivity contribution in [3.63, 3.8) is 0 Å². The molecule has 1 atom stereocenters. The number of rotatable bonds is 7. The van der Waals surface area contributed by atoms with Crippen molar-refractivity contribution < 1.29 is 14.3 Å². The second-order valence-electron chi connectivity index (χ2n) is 8.27. The van der Waals surface area contributed by atoms with Crippen LogP contribution in [-0.2, 0) is 11.2 Å². The molecule has 5 rings (SSSR count). The average molecular weight is 496 g/mol. The molecular formula is C26H23Cl2N3O3. The Labute approximate surface area is 207 Å². The summed E-state index contributed by atoms with van der Waals surface area (Å²) in [5, 5.41) is 4.22. The van der Waals surface area contributed by atoms with E-state index in [2.05, 4.69) is 10.3 Å². The number of amides is 1. The predicted molar refractivity (Wildman–Crippen MR) is 132 cm³/mol. The summed E-state index contributed by atoms with van der Waals surface area (Å²) < 4.78 is 13.1. The summed E-state index contributed by atoms with van der Waals surface area (Å²) in [7, 11) is 0. The number of halogens is 2. The minimum Gasteiger partial charge on any atom is -0.454 e. The van der Waals surface area contributed by atoms with Gasteiger partial charge in [-0.1, -0.05) is 41.4 Å². The van der Waals surface area contributed by atoms with Crippen molar-refractivity contribution in [2.45, 2.75) is 25.7 Å². The minimum atomic E-state index is -0.217. The molecule has 0 bridgehead atoms. The predicted octanol–water partition coefficient (Wildman–Crippen LogP) is 5.56. The van der Waals surface area contributed by atoms with Gasteiger partial charge in [0.05, 0.1) is 5.69 Å². The fourth-order valence-corrected chi connectivity index (χ4v) is 4.77. The highest BCUT2D eigenvalue weighted by atomic mass is 35.5. The number of fused-ring (bicyclic) bond motifs is 2. The summed E-state index contributed by atoms with van der Waals surface area (Å²) in [6.45, 7) is 2.70. The molecule has 1 amide bonds. The van der Waals surface area contributed by atoms with E-state index in [0.717, 1.165) is 28.0 Å². The van der Waals surface area contributed by atoms with E-state index in [9.17, 15) is 4.79 Å². The number of aryl methyl sites for hydroxylation is 1. The lowest BCUT2D eigenvalue weighted by Gasteiger charge is -2.18. The number of carbonyl (C=O) groups is 1. The number of hydrogen-bond donors (Lipinski definition) is 1. The molecule has 0 saturated heterocycles. The van der Waals surface area contributed by atoms with Gasteiger partial charge in [-0.05, 0) is 60.4 Å². The van der Waals surface area contributed by atoms with Crippen LogP contribution in [0, 0.1) is 6.92 Å². The fourth-order valence-electron chi connectivity index (χ4n) is 4.27. The van der Waals surface area contributed by atoms with Crippen molar-refractivity contribution in [2.75, 3.05) is 13.3 Å². The van der Waals surface area contributed by atoms with Crippen molar-refractivity contribution in [1.29, 1.82) is 0 Å². The molecule has 2 aromatic heterocycles. The van der Waals surface area contributed by atoms with Gasteiger partial charge in [0.2, 0.25) is 12.7 Å². The topological polar surface area (TPSA) is 64.9 Å². The largest absolute Gasteiger partial charge is 0.454 e. The summed E-state index contributed by atoms with van der Waals surface area (Å²) in [5.74, 6) is 1.12. The lowest BCUT2D eigenvalue weighted by molar-refractivity contribution is -0.121. The smallest absolute Gasteiger partial charge is 0.231 e. The highest BCUT2D eigenvalue weighted by Gasteiger charge is 2.25. The Morgan fingerprint density at radius 1 is 1.15 bits per heavy atom. The lowest BCUT2D eigenvalue weighted by Crippen LogP contribution is -2.27. The molecule has 0 spiro atoms. The van der Waals surface area contributed by atoms with E-state index < -0.39 is 0 Å². The molecule has 6 nitrogen and oxygen atoms in total. The molecule has 0 saturated carbocycles. The molecule has 1 aliphatic heterocycles. The standard InChI is InChI=1S/C26H23Cl2N3O3/c1-16-3-2-10-31-22(14-30-26(16)31)20(18-5-7-23-24(11-18)34-15-33-23)13-25(32)29-9-8-17-4-6-19(27)12-21(17)28/h2-7,10-12,14,20H,8-9,13,15H2,1H3,(H,29,32). The maximum Gasteiger partial charge on any atom is 0.231 e. The maximum atomic E-state index is 13.0. The van der Waals surface area contributed by atoms with Gasteiger partial charge in [-0.3, -0.25) is 4.79 Å². The van der Waals surface area contributed by atoms with Crippen LogP contribution >= 0.6 is 23.2 Å². The van der Waals surface area contributed by atoms with Gasteiger partial charge in [0, 0.05) is 41.3 Å². The maximum absolute atomic E-state index is 13.0. The van der Waals surface area contributed by atoms with Crippen LogP contribution in [0.15, 0.2) is 60.9 Å². The summed E-state index contributed by atoms with van der Waals surface area (Å²) in [4.78, 5) is 17.7. The van der Waals surface area contributed by atoms with Crippen LogP contribution < -0.4 is 14.8 Å². The van der Waals surface area contributed by atoms with Gasteiger partial charge in [-0.15, -0.1) is 0 Å². The molecule has 4 aromatic rings. The number of ether oxygens (including phenoxy) is 2. The SMILES string of the molecule is Cc1cccn2c(C(CC(=O)NCCc3ccc(Cl)cc3Cl)c3ccc4c(c3)OCO4)cnc12. The average Bonchev–Trinajstić information content (AvgIpc) is 3.46. The molecular weight excluding hydrogens is 473 g/mol. The van der Waals surface area contributed by atoms with Crippen molar-refractivity contribution in [2.24, 2.45) is 0 Å².